The number of carbonyl (C=O) groups is 1. The molecule has 0 saturated heterocycles. The van der Waals surface area contributed by atoms with Crippen LogP contribution in [0.3, 0.4) is 0 Å². The van der Waals surface area contributed by atoms with Crippen LogP contribution >= 0.6 is 0 Å². The number of rotatable bonds is 6. The van der Waals surface area contributed by atoms with E-state index in [9.17, 15) is 4.79 Å². The van der Waals surface area contributed by atoms with Crippen molar-refractivity contribution < 1.29 is 14.3 Å². The van der Waals surface area contributed by atoms with Gasteiger partial charge in [0.2, 0.25) is 0 Å². The first-order chi connectivity index (χ1) is 6.31. The maximum atomic E-state index is 10.4. The van der Waals surface area contributed by atoms with Crippen LogP contribution in [-0.2, 0) is 14.3 Å². The molecule has 0 atom stereocenters. The highest BCUT2D eigenvalue weighted by molar-refractivity contribution is 5.81. The average Bonchev–Trinajstić information content (AvgIpc) is 2.20. The van der Waals surface area contributed by atoms with E-state index >= 15 is 0 Å². The molecule has 0 unspecified atom stereocenters. The molecule has 0 aliphatic carbocycles. The summed E-state index contributed by atoms with van der Waals surface area (Å²) in [7, 11) is 0. The van der Waals surface area contributed by atoms with Crippen LogP contribution in [0.5, 0.6) is 0 Å². The van der Waals surface area contributed by atoms with Gasteiger partial charge >= 0.3 is 5.97 Å². The SMILES string of the molecule is C=CC(=O)OCCOCCC.NN. The molecule has 0 radical (unpaired) electrons. The average molecular weight is 190 g/mol. The Morgan fingerprint density at radius 3 is 2.46 bits per heavy atom. The van der Waals surface area contributed by atoms with E-state index in [0.29, 0.717) is 19.8 Å². The van der Waals surface area contributed by atoms with Gasteiger partial charge in [-0.25, -0.2) is 4.79 Å². The molecule has 4 N–H and O–H groups in total. The zero-order chi connectivity index (χ0) is 10.5. The minimum absolute atomic E-state index is 0.310. The molecule has 0 amide bonds. The molecule has 0 saturated carbocycles. The van der Waals surface area contributed by atoms with Crippen molar-refractivity contribution in [1.82, 2.24) is 0 Å². The Labute approximate surface area is 78.6 Å². The Balaban J connectivity index is 0. The molecule has 0 fully saturated rings. The maximum Gasteiger partial charge on any atom is 0.330 e. The van der Waals surface area contributed by atoms with Gasteiger partial charge in [0.15, 0.2) is 0 Å². The first-order valence-electron chi connectivity index (χ1n) is 4.01. The molecule has 5 heteroatoms. The van der Waals surface area contributed by atoms with Crippen LogP contribution in [0.25, 0.3) is 0 Å². The monoisotopic (exact) mass is 190 g/mol. The molecule has 0 aliphatic rings. The van der Waals surface area contributed by atoms with Crippen molar-refractivity contribution in [1.29, 1.82) is 0 Å². The van der Waals surface area contributed by atoms with Crippen molar-refractivity contribution in [3.63, 3.8) is 0 Å². The number of nitrogens with two attached hydrogens (primary N) is 2. The van der Waals surface area contributed by atoms with Crippen LogP contribution in [0.1, 0.15) is 13.3 Å². The van der Waals surface area contributed by atoms with Crippen LogP contribution in [0, 0.1) is 0 Å². The van der Waals surface area contributed by atoms with Crippen molar-refractivity contribution in [3.05, 3.63) is 12.7 Å². The zero-order valence-corrected chi connectivity index (χ0v) is 7.99. The largest absolute Gasteiger partial charge is 0.460 e. The lowest BCUT2D eigenvalue weighted by Gasteiger charge is -2.01. The summed E-state index contributed by atoms with van der Waals surface area (Å²) in [5.74, 6) is 7.60. The summed E-state index contributed by atoms with van der Waals surface area (Å²) in [5, 5.41) is 0. The fourth-order valence-electron chi connectivity index (χ4n) is 0.507. The molecular weight excluding hydrogens is 172 g/mol. The fraction of sp³-hybridized carbons (Fsp3) is 0.625. The normalized spacial score (nSPS) is 8.23. The van der Waals surface area contributed by atoms with Crippen molar-refractivity contribution >= 4 is 5.97 Å². The molecule has 78 valence electrons. The molecule has 13 heavy (non-hydrogen) atoms. The highest BCUT2D eigenvalue weighted by Gasteiger charge is 1.93. The van der Waals surface area contributed by atoms with E-state index < -0.39 is 5.97 Å². The predicted molar refractivity (Wildman–Crippen MR) is 50.6 cm³/mol. The minimum atomic E-state index is -0.398. The summed E-state index contributed by atoms with van der Waals surface area (Å²) < 4.78 is 9.72. The summed E-state index contributed by atoms with van der Waals surface area (Å²) in [6, 6.07) is 0. The molecule has 0 aromatic heterocycles. The Bertz CT molecular complexity index is 129. The minimum Gasteiger partial charge on any atom is -0.460 e. The highest BCUT2D eigenvalue weighted by Crippen LogP contribution is 1.83. The lowest BCUT2D eigenvalue weighted by atomic mass is 10.5. The third-order valence-electron chi connectivity index (χ3n) is 0.987. The summed E-state index contributed by atoms with van der Waals surface area (Å²) >= 11 is 0. The Hall–Kier alpha value is -0.910. The molecular formula is C8H18N2O3. The quantitative estimate of drug-likeness (QED) is 0.202. The topological polar surface area (TPSA) is 87.6 Å². The number of esters is 1. The standard InChI is InChI=1S/C8H14O3.H4N2/c1-3-5-10-6-7-11-8(9)4-2;1-2/h4H,2-3,5-7H2,1H3;1-2H2. The number of hydrogen-bond acceptors (Lipinski definition) is 5. The van der Waals surface area contributed by atoms with E-state index in [4.69, 9.17) is 4.74 Å². The zero-order valence-electron chi connectivity index (χ0n) is 7.99. The van der Waals surface area contributed by atoms with Crippen LogP contribution < -0.4 is 11.7 Å². The van der Waals surface area contributed by atoms with E-state index in [2.05, 4.69) is 23.0 Å². The van der Waals surface area contributed by atoms with Gasteiger partial charge in [-0.3, -0.25) is 11.7 Å². The van der Waals surface area contributed by atoms with E-state index in [1.165, 1.54) is 0 Å². The second-order valence-corrected chi connectivity index (χ2v) is 1.98. The van der Waals surface area contributed by atoms with Gasteiger partial charge in [0.1, 0.15) is 6.61 Å². The predicted octanol–water partition coefficient (Wildman–Crippen LogP) is -0.0390. The van der Waals surface area contributed by atoms with Crippen LogP contribution in [-0.4, -0.2) is 25.8 Å². The lowest BCUT2D eigenvalue weighted by Crippen LogP contribution is -2.08. The van der Waals surface area contributed by atoms with Crippen molar-refractivity contribution in [2.75, 3.05) is 19.8 Å². The summed E-state index contributed by atoms with van der Waals surface area (Å²) in [6.45, 7) is 6.77. The van der Waals surface area contributed by atoms with E-state index in [0.717, 1.165) is 12.5 Å². The van der Waals surface area contributed by atoms with Crippen LogP contribution in [0.4, 0.5) is 0 Å². The molecule has 0 bridgehead atoms. The molecule has 0 rings (SSSR count). The van der Waals surface area contributed by atoms with Crippen molar-refractivity contribution in [2.45, 2.75) is 13.3 Å². The van der Waals surface area contributed by atoms with Gasteiger partial charge in [-0.15, -0.1) is 0 Å². The van der Waals surface area contributed by atoms with Gasteiger partial charge in [-0.05, 0) is 6.42 Å². The van der Waals surface area contributed by atoms with Crippen molar-refractivity contribution in [2.24, 2.45) is 11.7 Å². The third-order valence-corrected chi connectivity index (χ3v) is 0.987. The summed E-state index contributed by atoms with van der Waals surface area (Å²) in [5.41, 5.74) is 0. The Kier molecular flexibility index (Phi) is 15.4. The Morgan fingerprint density at radius 1 is 1.38 bits per heavy atom. The molecule has 0 aromatic carbocycles. The number of ether oxygens (including phenoxy) is 2. The highest BCUT2D eigenvalue weighted by atomic mass is 16.6. The van der Waals surface area contributed by atoms with Gasteiger partial charge in [-0.1, -0.05) is 13.5 Å². The second kappa shape index (κ2) is 13.7. The van der Waals surface area contributed by atoms with Crippen molar-refractivity contribution in [3.8, 4) is 0 Å². The first-order valence-corrected chi connectivity index (χ1v) is 4.01. The number of hydrogen-bond donors (Lipinski definition) is 2. The number of hydrazine groups is 1. The molecule has 0 spiro atoms. The van der Waals surface area contributed by atoms with Gasteiger partial charge in [0.05, 0.1) is 6.61 Å². The van der Waals surface area contributed by atoms with E-state index in [1.807, 2.05) is 6.92 Å². The van der Waals surface area contributed by atoms with Gasteiger partial charge in [-0.2, -0.15) is 0 Å². The molecule has 0 heterocycles. The third kappa shape index (κ3) is 14.0. The van der Waals surface area contributed by atoms with Crippen LogP contribution in [0.2, 0.25) is 0 Å². The molecule has 5 nitrogen and oxygen atoms in total. The Morgan fingerprint density at radius 2 is 2.00 bits per heavy atom. The van der Waals surface area contributed by atoms with Gasteiger partial charge in [0, 0.05) is 12.7 Å². The summed E-state index contributed by atoms with van der Waals surface area (Å²) in [4.78, 5) is 10.4. The first kappa shape index (κ1) is 14.6. The van der Waals surface area contributed by atoms with Gasteiger partial charge in [0.25, 0.3) is 0 Å². The van der Waals surface area contributed by atoms with E-state index in [1.54, 1.807) is 0 Å². The smallest absolute Gasteiger partial charge is 0.330 e. The maximum absolute atomic E-state index is 10.4. The number of carbonyl (C=O) groups excluding carboxylic acids is 1. The lowest BCUT2D eigenvalue weighted by molar-refractivity contribution is -0.139. The second-order valence-electron chi connectivity index (χ2n) is 1.98. The van der Waals surface area contributed by atoms with Gasteiger partial charge < -0.3 is 9.47 Å². The summed E-state index contributed by atoms with van der Waals surface area (Å²) in [6.07, 6.45) is 2.12. The molecule has 0 aliphatic heterocycles. The van der Waals surface area contributed by atoms with E-state index in [-0.39, 0.29) is 0 Å². The molecule has 0 aromatic rings. The fourth-order valence-corrected chi connectivity index (χ4v) is 0.507. The van der Waals surface area contributed by atoms with Crippen LogP contribution in [0.15, 0.2) is 12.7 Å².